The Hall–Kier alpha value is -1.77. The maximum Gasteiger partial charge on any atom is 0.257 e. The van der Waals surface area contributed by atoms with E-state index in [0.717, 1.165) is 10.7 Å². The van der Waals surface area contributed by atoms with Crippen LogP contribution in [-0.4, -0.2) is 27.7 Å². The van der Waals surface area contributed by atoms with Crippen molar-refractivity contribution in [3.05, 3.63) is 51.5 Å². The third-order valence-corrected chi connectivity index (χ3v) is 4.33. The number of rotatable bonds is 5. The Balaban J connectivity index is 2.25. The van der Waals surface area contributed by atoms with Crippen LogP contribution in [0.5, 0.6) is 5.75 Å². The number of carbonyl (C=O) groups is 1. The van der Waals surface area contributed by atoms with Crippen molar-refractivity contribution in [3.8, 4) is 5.75 Å². The number of methoxy groups -OCH3 is 1. The van der Waals surface area contributed by atoms with Crippen LogP contribution < -0.4 is 14.8 Å². The first-order chi connectivity index (χ1) is 11.2. The number of hydrogen-bond acceptors (Lipinski definition) is 4. The number of hydrogen-bond donors (Lipinski definition) is 2. The molecule has 0 aliphatic rings. The largest absolute Gasteiger partial charge is 0.494 e. The molecule has 0 aromatic heterocycles. The second-order valence-electron chi connectivity index (χ2n) is 4.87. The predicted octanol–water partition coefficient (Wildman–Crippen LogP) is 3.73. The van der Waals surface area contributed by atoms with Gasteiger partial charge in [0.05, 0.1) is 29.6 Å². The van der Waals surface area contributed by atoms with Crippen LogP contribution in [0.25, 0.3) is 0 Å². The van der Waals surface area contributed by atoms with Crippen LogP contribution in [0.4, 0.5) is 11.4 Å². The maximum absolute atomic E-state index is 12.3. The summed E-state index contributed by atoms with van der Waals surface area (Å²) in [4.78, 5) is 12.3. The van der Waals surface area contributed by atoms with Crippen molar-refractivity contribution >= 4 is 54.8 Å². The molecule has 1 amide bonds. The van der Waals surface area contributed by atoms with Gasteiger partial charge in [-0.25, -0.2) is 8.42 Å². The van der Waals surface area contributed by atoms with E-state index in [2.05, 4.69) is 26.0 Å². The molecule has 9 heteroatoms. The first-order valence-electron chi connectivity index (χ1n) is 6.62. The number of nitrogens with one attached hydrogen (secondary N) is 2. The molecule has 0 heterocycles. The van der Waals surface area contributed by atoms with E-state index in [4.69, 9.17) is 16.3 Å². The molecule has 24 heavy (non-hydrogen) atoms. The molecular weight excluding hydrogens is 420 g/mol. The number of sulfonamides is 1. The molecular formula is C15H14BrClN2O4S. The number of halogens is 2. The van der Waals surface area contributed by atoms with Gasteiger partial charge in [0.1, 0.15) is 5.75 Å². The molecule has 0 saturated carbocycles. The molecule has 0 atom stereocenters. The number of amides is 1. The topological polar surface area (TPSA) is 84.5 Å². The SMILES string of the molecule is COc1cc(NC(=O)c2ccc(Br)cc2Cl)ccc1NS(C)(=O)=O. The molecule has 0 aliphatic heterocycles. The average Bonchev–Trinajstić information content (AvgIpc) is 2.47. The van der Waals surface area contributed by atoms with Crippen molar-refractivity contribution in [3.63, 3.8) is 0 Å². The van der Waals surface area contributed by atoms with Crippen molar-refractivity contribution < 1.29 is 17.9 Å². The van der Waals surface area contributed by atoms with E-state index in [1.807, 2.05) is 0 Å². The summed E-state index contributed by atoms with van der Waals surface area (Å²) >= 11 is 9.33. The molecule has 0 fully saturated rings. The van der Waals surface area contributed by atoms with Crippen molar-refractivity contribution in [2.75, 3.05) is 23.4 Å². The van der Waals surface area contributed by atoms with Gasteiger partial charge < -0.3 is 10.1 Å². The third-order valence-electron chi connectivity index (χ3n) is 2.93. The molecule has 0 bridgehead atoms. The van der Waals surface area contributed by atoms with Crippen molar-refractivity contribution in [2.45, 2.75) is 0 Å². The summed E-state index contributed by atoms with van der Waals surface area (Å²) in [7, 11) is -2.03. The smallest absolute Gasteiger partial charge is 0.257 e. The van der Waals surface area contributed by atoms with Gasteiger partial charge in [-0.3, -0.25) is 9.52 Å². The molecule has 0 saturated heterocycles. The van der Waals surface area contributed by atoms with E-state index in [1.165, 1.54) is 19.2 Å². The zero-order chi connectivity index (χ0) is 17.9. The molecule has 0 unspecified atom stereocenters. The van der Waals surface area contributed by atoms with E-state index in [9.17, 15) is 13.2 Å². The normalized spacial score (nSPS) is 11.0. The lowest BCUT2D eigenvalue weighted by Gasteiger charge is -2.12. The van der Waals surface area contributed by atoms with Gasteiger partial charge in [0, 0.05) is 16.2 Å². The monoisotopic (exact) mass is 432 g/mol. The fourth-order valence-electron chi connectivity index (χ4n) is 1.93. The van der Waals surface area contributed by atoms with Gasteiger partial charge >= 0.3 is 0 Å². The predicted molar refractivity (Wildman–Crippen MR) is 98.6 cm³/mol. The van der Waals surface area contributed by atoms with Gasteiger partial charge in [-0.1, -0.05) is 27.5 Å². The minimum Gasteiger partial charge on any atom is -0.494 e. The van der Waals surface area contributed by atoms with Crippen LogP contribution in [0.2, 0.25) is 5.02 Å². The number of anilines is 2. The number of ether oxygens (including phenoxy) is 1. The Morgan fingerprint density at radius 2 is 1.92 bits per heavy atom. The van der Waals surface area contributed by atoms with Crippen molar-refractivity contribution in [1.82, 2.24) is 0 Å². The highest BCUT2D eigenvalue weighted by Gasteiger charge is 2.13. The first kappa shape index (κ1) is 18.6. The van der Waals surface area contributed by atoms with Crippen LogP contribution >= 0.6 is 27.5 Å². The third kappa shape index (κ3) is 4.86. The second kappa shape index (κ2) is 7.42. The number of benzene rings is 2. The van der Waals surface area contributed by atoms with Crippen LogP contribution in [0, 0.1) is 0 Å². The zero-order valence-electron chi connectivity index (χ0n) is 12.8. The lowest BCUT2D eigenvalue weighted by molar-refractivity contribution is 0.102. The van der Waals surface area contributed by atoms with Gasteiger partial charge in [0.25, 0.3) is 5.91 Å². The molecule has 128 valence electrons. The minimum atomic E-state index is -3.44. The molecule has 0 spiro atoms. The Kier molecular flexibility index (Phi) is 5.74. The van der Waals surface area contributed by atoms with Gasteiger partial charge in [0.2, 0.25) is 10.0 Å². The van der Waals surface area contributed by atoms with Crippen LogP contribution in [0.1, 0.15) is 10.4 Å². The van der Waals surface area contributed by atoms with Crippen molar-refractivity contribution in [1.29, 1.82) is 0 Å². The Bertz CT molecular complexity index is 887. The highest BCUT2D eigenvalue weighted by atomic mass is 79.9. The van der Waals surface area contributed by atoms with Crippen LogP contribution in [-0.2, 0) is 10.0 Å². The Morgan fingerprint density at radius 1 is 1.21 bits per heavy atom. The van der Waals surface area contributed by atoms with Crippen molar-refractivity contribution in [2.24, 2.45) is 0 Å². The highest BCUT2D eigenvalue weighted by Crippen LogP contribution is 2.29. The van der Waals surface area contributed by atoms with E-state index in [1.54, 1.807) is 24.3 Å². The second-order valence-corrected chi connectivity index (χ2v) is 7.94. The molecule has 2 aromatic rings. The van der Waals surface area contributed by atoms with E-state index >= 15 is 0 Å². The van der Waals surface area contributed by atoms with Gasteiger partial charge in [-0.15, -0.1) is 0 Å². The van der Waals surface area contributed by atoms with E-state index in [0.29, 0.717) is 16.3 Å². The molecule has 2 aromatic carbocycles. The van der Waals surface area contributed by atoms with Gasteiger partial charge in [0.15, 0.2) is 0 Å². The van der Waals surface area contributed by atoms with Gasteiger partial charge in [-0.2, -0.15) is 0 Å². The summed E-state index contributed by atoms with van der Waals surface area (Å²) in [6.45, 7) is 0. The summed E-state index contributed by atoms with van der Waals surface area (Å²) in [5, 5.41) is 3.00. The molecule has 0 radical (unpaired) electrons. The number of carbonyl (C=O) groups excluding carboxylic acids is 1. The lowest BCUT2D eigenvalue weighted by atomic mass is 10.2. The van der Waals surface area contributed by atoms with E-state index < -0.39 is 15.9 Å². The fraction of sp³-hybridized carbons (Fsp3) is 0.133. The summed E-state index contributed by atoms with van der Waals surface area (Å²) in [6.07, 6.45) is 1.04. The summed E-state index contributed by atoms with van der Waals surface area (Å²) in [5.41, 5.74) is 1.03. The lowest BCUT2D eigenvalue weighted by Crippen LogP contribution is -2.13. The Labute approximate surface area is 153 Å². The highest BCUT2D eigenvalue weighted by molar-refractivity contribution is 9.10. The zero-order valence-corrected chi connectivity index (χ0v) is 15.9. The summed E-state index contributed by atoms with van der Waals surface area (Å²) < 4.78 is 30.9. The van der Waals surface area contributed by atoms with Crippen LogP contribution in [0.15, 0.2) is 40.9 Å². The average molecular weight is 434 g/mol. The molecule has 2 N–H and O–H groups in total. The van der Waals surface area contributed by atoms with E-state index in [-0.39, 0.29) is 11.4 Å². The van der Waals surface area contributed by atoms with Crippen LogP contribution in [0.3, 0.4) is 0 Å². The standard InChI is InChI=1S/C15H14BrClN2O4S/c1-23-14-8-10(4-6-13(14)19-24(2,21)22)18-15(20)11-5-3-9(16)7-12(11)17/h3-8,19H,1-2H3,(H,18,20). The molecule has 2 rings (SSSR count). The first-order valence-corrected chi connectivity index (χ1v) is 9.68. The summed E-state index contributed by atoms with van der Waals surface area (Å²) in [5.74, 6) is -0.112. The van der Waals surface area contributed by atoms with Gasteiger partial charge in [-0.05, 0) is 30.3 Å². The minimum absolute atomic E-state index is 0.277. The Morgan fingerprint density at radius 3 is 2.50 bits per heavy atom. The quantitative estimate of drug-likeness (QED) is 0.752. The summed E-state index contributed by atoms with van der Waals surface area (Å²) in [6, 6.07) is 9.49. The molecule has 0 aliphatic carbocycles. The fourth-order valence-corrected chi connectivity index (χ4v) is 3.25. The maximum atomic E-state index is 12.3. The molecule has 6 nitrogen and oxygen atoms in total.